The van der Waals surface area contributed by atoms with Crippen molar-refractivity contribution in [2.45, 2.75) is 128 Å². The van der Waals surface area contributed by atoms with Crippen molar-refractivity contribution in [3.63, 3.8) is 0 Å². The van der Waals surface area contributed by atoms with E-state index in [0.29, 0.717) is 24.6 Å². The molecule has 0 saturated heterocycles. The molecule has 0 aliphatic heterocycles. The highest BCUT2D eigenvalue weighted by Gasteiger charge is 2.33. The molecule has 1 aliphatic rings. The van der Waals surface area contributed by atoms with Crippen molar-refractivity contribution < 1.29 is 24.2 Å². The first kappa shape index (κ1) is 39.9. The van der Waals surface area contributed by atoms with E-state index in [9.17, 15) is 19.5 Å². The molecular formula is C38H60N6O5. The summed E-state index contributed by atoms with van der Waals surface area (Å²) in [5.41, 5.74) is 6.49. The number of nitrogens with zero attached hydrogens (tertiary/aromatic N) is 1. The minimum Gasteiger partial charge on any atom is -0.391 e. The van der Waals surface area contributed by atoms with Crippen molar-refractivity contribution in [1.29, 1.82) is 0 Å². The number of imidazole rings is 1. The van der Waals surface area contributed by atoms with Gasteiger partial charge in [0.15, 0.2) is 0 Å². The summed E-state index contributed by atoms with van der Waals surface area (Å²) in [7, 11) is 0. The molecule has 1 aromatic heterocycles. The number of nitrogens with one attached hydrogen (secondary N) is 4. The van der Waals surface area contributed by atoms with Crippen molar-refractivity contribution in [2.75, 3.05) is 6.61 Å². The van der Waals surface area contributed by atoms with Crippen LogP contribution >= 0.6 is 0 Å². The Hall–Kier alpha value is -3.54. The molecule has 1 aromatic carbocycles. The third-order valence-corrected chi connectivity index (χ3v) is 9.31. The Labute approximate surface area is 292 Å². The summed E-state index contributed by atoms with van der Waals surface area (Å²) in [5.74, 6) is -0.222. The van der Waals surface area contributed by atoms with Crippen LogP contribution in [0.4, 0.5) is 0 Å². The number of nitrogens with two attached hydrogens (primary N) is 1. The average molecular weight is 681 g/mol. The number of amides is 3. The number of hydrogen-bond acceptors (Lipinski definition) is 7. The summed E-state index contributed by atoms with van der Waals surface area (Å²) in [4.78, 5) is 48.6. The zero-order valence-corrected chi connectivity index (χ0v) is 30.1. The monoisotopic (exact) mass is 680 g/mol. The lowest BCUT2D eigenvalue weighted by molar-refractivity contribution is -0.133. The smallest absolute Gasteiger partial charge is 0.243 e. The number of hydrogen-bond donors (Lipinski definition) is 6. The van der Waals surface area contributed by atoms with Gasteiger partial charge in [0.2, 0.25) is 17.7 Å². The highest BCUT2D eigenvalue weighted by atomic mass is 16.5. The largest absolute Gasteiger partial charge is 0.391 e. The number of carbonyl (C=O) groups excluding carboxylic acids is 3. The number of ether oxygens (including phenoxy) is 1. The second kappa shape index (κ2) is 19.6. The Bertz CT molecular complexity index is 1290. The molecule has 49 heavy (non-hydrogen) atoms. The SMILES string of the molecule is C=C[C@@H](C[C@H](O)[C@H](CC1CCCCC1)NC(=O)C(Cc1ncc[nH]1)NC(=O)[C@H](Cc1ccccc1)NC(=O)[C@@H](N)COC(C)(C)C)C(C)C. The van der Waals surface area contributed by atoms with Crippen LogP contribution in [0.25, 0.3) is 0 Å². The van der Waals surface area contributed by atoms with Crippen molar-refractivity contribution in [1.82, 2.24) is 25.9 Å². The van der Waals surface area contributed by atoms with Crippen molar-refractivity contribution in [3.05, 3.63) is 66.8 Å². The van der Waals surface area contributed by atoms with Crippen LogP contribution in [0.5, 0.6) is 0 Å². The number of aromatic nitrogens is 2. The highest BCUT2D eigenvalue weighted by Crippen LogP contribution is 2.30. The maximum absolute atomic E-state index is 14.1. The van der Waals surface area contributed by atoms with Gasteiger partial charge in [-0.05, 0) is 56.9 Å². The molecule has 1 fully saturated rings. The molecule has 6 atom stereocenters. The van der Waals surface area contributed by atoms with Crippen LogP contribution in [0.2, 0.25) is 0 Å². The molecule has 0 radical (unpaired) electrons. The van der Waals surface area contributed by atoms with Gasteiger partial charge < -0.3 is 36.5 Å². The van der Waals surface area contributed by atoms with Gasteiger partial charge in [0.25, 0.3) is 0 Å². The number of aromatic amines is 1. The topological polar surface area (TPSA) is 171 Å². The molecule has 1 aliphatic carbocycles. The molecule has 1 saturated carbocycles. The molecular weight excluding hydrogens is 620 g/mol. The zero-order valence-electron chi connectivity index (χ0n) is 30.1. The number of rotatable bonds is 19. The average Bonchev–Trinajstić information content (AvgIpc) is 3.58. The quantitative estimate of drug-likeness (QED) is 0.122. The molecule has 0 spiro atoms. The minimum absolute atomic E-state index is 0.0211. The van der Waals surface area contributed by atoms with Crippen molar-refractivity contribution >= 4 is 17.7 Å². The van der Waals surface area contributed by atoms with E-state index in [0.717, 1.165) is 31.2 Å². The highest BCUT2D eigenvalue weighted by molar-refractivity contribution is 5.93. The first-order valence-corrected chi connectivity index (χ1v) is 17.9. The molecule has 2 aromatic rings. The van der Waals surface area contributed by atoms with Crippen LogP contribution in [0.15, 0.2) is 55.4 Å². The summed E-state index contributed by atoms with van der Waals surface area (Å²) >= 11 is 0. The number of carbonyl (C=O) groups is 3. The first-order valence-electron chi connectivity index (χ1n) is 17.9. The van der Waals surface area contributed by atoms with Gasteiger partial charge in [-0.1, -0.05) is 82.4 Å². The van der Waals surface area contributed by atoms with E-state index in [1.807, 2.05) is 57.2 Å². The fourth-order valence-corrected chi connectivity index (χ4v) is 6.30. The van der Waals surface area contributed by atoms with Gasteiger partial charge in [-0.2, -0.15) is 0 Å². The molecule has 1 unspecified atom stereocenters. The molecule has 1 heterocycles. The summed E-state index contributed by atoms with van der Waals surface area (Å²) in [6.45, 7) is 13.7. The Morgan fingerprint density at radius 2 is 1.65 bits per heavy atom. The van der Waals surface area contributed by atoms with E-state index >= 15 is 0 Å². The molecule has 272 valence electrons. The van der Waals surface area contributed by atoms with E-state index in [2.05, 4.69) is 46.3 Å². The van der Waals surface area contributed by atoms with Gasteiger partial charge in [-0.25, -0.2) is 4.98 Å². The van der Waals surface area contributed by atoms with Crippen LogP contribution < -0.4 is 21.7 Å². The van der Waals surface area contributed by atoms with Crippen LogP contribution in [0, 0.1) is 17.8 Å². The van der Waals surface area contributed by atoms with E-state index in [1.54, 1.807) is 12.4 Å². The predicted octanol–water partition coefficient (Wildman–Crippen LogP) is 3.97. The fraction of sp³-hybridized carbons (Fsp3) is 0.632. The van der Waals surface area contributed by atoms with E-state index < -0.39 is 53.6 Å². The van der Waals surface area contributed by atoms with Crippen molar-refractivity contribution in [2.24, 2.45) is 23.5 Å². The summed E-state index contributed by atoms with van der Waals surface area (Å²) in [6.07, 6.45) is 11.3. The van der Waals surface area contributed by atoms with Gasteiger partial charge in [0.1, 0.15) is 23.9 Å². The second-order valence-electron chi connectivity index (χ2n) is 14.9. The number of benzene rings is 1. The molecule has 3 amide bonds. The third-order valence-electron chi connectivity index (χ3n) is 9.31. The standard InChI is InChI=1S/C38H60N6O5/c1-7-28(25(2)3)22-33(45)30(20-26-14-10-8-11-15-26)42-37(48)32(23-34-40-18-19-41-34)44-36(47)31(21-27-16-12-9-13-17-27)43-35(46)29(39)24-49-38(4,5)6/h7,9,12-13,16-19,25-26,28-33,45H,1,8,10-11,14-15,20-24,39H2,2-6H3,(H,40,41)(H,42,48)(H,43,46)(H,44,47)/t28-,29-,30-,31-,32?,33-/m0/s1. The van der Waals surface area contributed by atoms with E-state index in [1.165, 1.54) is 6.42 Å². The Morgan fingerprint density at radius 3 is 2.24 bits per heavy atom. The lowest BCUT2D eigenvalue weighted by atomic mass is 9.81. The Balaban J connectivity index is 1.84. The summed E-state index contributed by atoms with van der Waals surface area (Å²) in [6, 6.07) is 5.76. The first-order chi connectivity index (χ1) is 23.3. The number of allylic oxidation sites excluding steroid dienone is 1. The number of aliphatic hydroxyl groups excluding tert-OH is 1. The summed E-state index contributed by atoms with van der Waals surface area (Å²) in [5, 5.41) is 20.3. The van der Waals surface area contributed by atoms with E-state index in [4.69, 9.17) is 10.5 Å². The zero-order chi connectivity index (χ0) is 36.0. The van der Waals surface area contributed by atoms with Gasteiger partial charge in [0, 0.05) is 25.2 Å². The molecule has 7 N–H and O–H groups in total. The maximum Gasteiger partial charge on any atom is 0.243 e. The second-order valence-corrected chi connectivity index (χ2v) is 14.9. The molecule has 3 rings (SSSR count). The summed E-state index contributed by atoms with van der Waals surface area (Å²) < 4.78 is 5.71. The van der Waals surface area contributed by atoms with Gasteiger partial charge in [-0.3, -0.25) is 14.4 Å². The number of H-pyrrole nitrogens is 1. The fourth-order valence-electron chi connectivity index (χ4n) is 6.30. The van der Waals surface area contributed by atoms with Crippen LogP contribution in [0.3, 0.4) is 0 Å². The normalized spacial score (nSPS) is 17.7. The molecule has 11 nitrogen and oxygen atoms in total. The van der Waals surface area contributed by atoms with Gasteiger partial charge >= 0.3 is 0 Å². The van der Waals surface area contributed by atoms with Crippen LogP contribution in [-0.4, -0.2) is 75.3 Å². The Kier molecular flexibility index (Phi) is 16.0. The van der Waals surface area contributed by atoms with Crippen LogP contribution in [-0.2, 0) is 32.0 Å². The third kappa shape index (κ3) is 14.1. The Morgan fingerprint density at radius 1 is 1.02 bits per heavy atom. The maximum atomic E-state index is 14.1. The van der Waals surface area contributed by atoms with E-state index in [-0.39, 0.29) is 31.3 Å². The van der Waals surface area contributed by atoms with Crippen LogP contribution in [0.1, 0.15) is 91.0 Å². The van der Waals surface area contributed by atoms with Gasteiger partial charge in [0.05, 0.1) is 24.4 Å². The lowest BCUT2D eigenvalue weighted by Gasteiger charge is -2.33. The molecule has 11 heteroatoms. The molecule has 0 bridgehead atoms. The number of aliphatic hydroxyl groups is 1. The van der Waals surface area contributed by atoms with Gasteiger partial charge in [-0.15, -0.1) is 6.58 Å². The predicted molar refractivity (Wildman–Crippen MR) is 192 cm³/mol. The van der Waals surface area contributed by atoms with Crippen molar-refractivity contribution in [3.8, 4) is 0 Å². The minimum atomic E-state index is -1.03. The lowest BCUT2D eigenvalue weighted by Crippen LogP contribution is -2.59.